The van der Waals surface area contributed by atoms with E-state index in [0.29, 0.717) is 0 Å². The summed E-state index contributed by atoms with van der Waals surface area (Å²) < 4.78 is 8.18. The predicted molar refractivity (Wildman–Crippen MR) is 82.9 cm³/mol. The number of furan rings is 1. The standard InChI is InChI=1S/C18H15NO/c1-12-11-19(2)15-8-5-7-14(18(12)15)17-10-13-6-3-4-9-16(13)20-17/h3-11H,1-2H3. The van der Waals surface area contributed by atoms with E-state index in [2.05, 4.69) is 55.1 Å². The molecule has 2 aromatic heterocycles. The summed E-state index contributed by atoms with van der Waals surface area (Å²) in [7, 11) is 2.08. The van der Waals surface area contributed by atoms with Gasteiger partial charge in [0, 0.05) is 35.1 Å². The largest absolute Gasteiger partial charge is 0.456 e. The third-order valence-corrected chi connectivity index (χ3v) is 3.90. The van der Waals surface area contributed by atoms with Crippen molar-refractivity contribution in [3.8, 4) is 11.3 Å². The van der Waals surface area contributed by atoms with Crippen molar-refractivity contribution in [1.29, 1.82) is 0 Å². The molecule has 2 nitrogen and oxygen atoms in total. The molecule has 0 amide bonds. The zero-order valence-electron chi connectivity index (χ0n) is 11.6. The second-order valence-corrected chi connectivity index (χ2v) is 5.27. The van der Waals surface area contributed by atoms with E-state index < -0.39 is 0 Å². The van der Waals surface area contributed by atoms with Gasteiger partial charge in [0.25, 0.3) is 0 Å². The molecule has 4 aromatic rings. The first-order chi connectivity index (χ1) is 9.74. The van der Waals surface area contributed by atoms with E-state index in [1.807, 2.05) is 18.2 Å². The molecule has 0 N–H and O–H groups in total. The van der Waals surface area contributed by atoms with Crippen LogP contribution in [0.5, 0.6) is 0 Å². The van der Waals surface area contributed by atoms with Crippen LogP contribution < -0.4 is 0 Å². The summed E-state index contributed by atoms with van der Waals surface area (Å²) in [5.74, 6) is 0.936. The number of benzene rings is 2. The van der Waals surface area contributed by atoms with E-state index in [4.69, 9.17) is 4.42 Å². The Morgan fingerprint density at radius 2 is 1.85 bits per heavy atom. The molecule has 0 fully saturated rings. The molecular formula is C18H15NO. The van der Waals surface area contributed by atoms with Gasteiger partial charge in [-0.15, -0.1) is 0 Å². The second-order valence-electron chi connectivity index (χ2n) is 5.27. The maximum atomic E-state index is 6.02. The highest BCUT2D eigenvalue weighted by Gasteiger charge is 2.13. The van der Waals surface area contributed by atoms with E-state index >= 15 is 0 Å². The molecule has 2 heteroatoms. The van der Waals surface area contributed by atoms with Crippen molar-refractivity contribution < 1.29 is 4.42 Å². The van der Waals surface area contributed by atoms with Crippen molar-refractivity contribution in [2.24, 2.45) is 7.05 Å². The Labute approximate surface area is 117 Å². The zero-order valence-corrected chi connectivity index (χ0v) is 11.6. The van der Waals surface area contributed by atoms with Crippen LogP contribution in [0.2, 0.25) is 0 Å². The summed E-state index contributed by atoms with van der Waals surface area (Å²) in [6, 6.07) is 16.6. The molecule has 0 aliphatic carbocycles. The first kappa shape index (κ1) is 11.4. The highest BCUT2D eigenvalue weighted by Crippen LogP contribution is 2.34. The van der Waals surface area contributed by atoms with Gasteiger partial charge in [0.1, 0.15) is 11.3 Å². The topological polar surface area (TPSA) is 18.1 Å². The van der Waals surface area contributed by atoms with Crippen LogP contribution in [-0.4, -0.2) is 4.57 Å². The SMILES string of the molecule is Cc1cn(C)c2cccc(-c3cc4ccccc4o3)c12. The van der Waals surface area contributed by atoms with Crippen molar-refractivity contribution in [3.63, 3.8) is 0 Å². The summed E-state index contributed by atoms with van der Waals surface area (Å²) in [6.45, 7) is 2.15. The van der Waals surface area contributed by atoms with Crippen LogP contribution in [0, 0.1) is 6.92 Å². The molecule has 0 saturated heterocycles. The molecule has 0 aliphatic heterocycles. The number of hydrogen-bond acceptors (Lipinski definition) is 1. The van der Waals surface area contributed by atoms with E-state index in [1.165, 1.54) is 16.5 Å². The van der Waals surface area contributed by atoms with Gasteiger partial charge in [-0.3, -0.25) is 0 Å². The van der Waals surface area contributed by atoms with Crippen molar-refractivity contribution in [3.05, 3.63) is 60.3 Å². The van der Waals surface area contributed by atoms with Gasteiger partial charge in [-0.25, -0.2) is 0 Å². The van der Waals surface area contributed by atoms with Crippen molar-refractivity contribution in [2.45, 2.75) is 6.92 Å². The Hall–Kier alpha value is -2.48. The molecule has 0 spiro atoms. The number of rotatable bonds is 1. The monoisotopic (exact) mass is 261 g/mol. The fourth-order valence-electron chi connectivity index (χ4n) is 2.99. The highest BCUT2D eigenvalue weighted by molar-refractivity contribution is 5.98. The number of aryl methyl sites for hydroxylation is 2. The van der Waals surface area contributed by atoms with E-state index in [1.54, 1.807) is 0 Å². The van der Waals surface area contributed by atoms with Gasteiger partial charge in [0.2, 0.25) is 0 Å². The van der Waals surface area contributed by atoms with E-state index in [0.717, 1.165) is 22.3 Å². The molecule has 0 bridgehead atoms. The summed E-state index contributed by atoms with van der Waals surface area (Å²) in [6.07, 6.45) is 2.16. The molecule has 0 aliphatic rings. The lowest BCUT2D eigenvalue weighted by Gasteiger charge is -2.02. The summed E-state index contributed by atoms with van der Waals surface area (Å²) in [5, 5.41) is 2.42. The lowest BCUT2D eigenvalue weighted by atomic mass is 10.0. The Morgan fingerprint density at radius 1 is 1.00 bits per heavy atom. The minimum atomic E-state index is 0.936. The van der Waals surface area contributed by atoms with Crippen LogP contribution in [0.15, 0.2) is 59.1 Å². The number of aromatic nitrogens is 1. The minimum Gasteiger partial charge on any atom is -0.456 e. The number of fused-ring (bicyclic) bond motifs is 2. The number of hydrogen-bond donors (Lipinski definition) is 0. The molecule has 98 valence electrons. The molecule has 2 aromatic carbocycles. The minimum absolute atomic E-state index is 0.936. The quantitative estimate of drug-likeness (QED) is 0.476. The highest BCUT2D eigenvalue weighted by atomic mass is 16.3. The lowest BCUT2D eigenvalue weighted by molar-refractivity contribution is 0.632. The lowest BCUT2D eigenvalue weighted by Crippen LogP contribution is -1.83. The van der Waals surface area contributed by atoms with Crippen LogP contribution in [0.4, 0.5) is 0 Å². The fraction of sp³-hybridized carbons (Fsp3) is 0.111. The first-order valence-corrected chi connectivity index (χ1v) is 6.77. The fourth-order valence-corrected chi connectivity index (χ4v) is 2.99. The summed E-state index contributed by atoms with van der Waals surface area (Å²) in [5.41, 5.74) is 4.61. The van der Waals surface area contributed by atoms with E-state index in [9.17, 15) is 0 Å². The maximum Gasteiger partial charge on any atom is 0.136 e. The van der Waals surface area contributed by atoms with Crippen LogP contribution in [-0.2, 0) is 7.05 Å². The number of para-hydroxylation sites is 1. The normalized spacial score (nSPS) is 11.5. The molecule has 0 saturated carbocycles. The van der Waals surface area contributed by atoms with Crippen molar-refractivity contribution in [1.82, 2.24) is 4.57 Å². The Morgan fingerprint density at radius 3 is 2.70 bits per heavy atom. The Bertz CT molecular complexity index is 894. The molecule has 0 radical (unpaired) electrons. The molecule has 4 rings (SSSR count). The Kier molecular flexibility index (Phi) is 2.27. The van der Waals surface area contributed by atoms with Crippen LogP contribution >= 0.6 is 0 Å². The molecule has 20 heavy (non-hydrogen) atoms. The van der Waals surface area contributed by atoms with Crippen molar-refractivity contribution in [2.75, 3.05) is 0 Å². The van der Waals surface area contributed by atoms with Crippen LogP contribution in [0.3, 0.4) is 0 Å². The number of nitrogens with zero attached hydrogens (tertiary/aromatic N) is 1. The van der Waals surface area contributed by atoms with Crippen molar-refractivity contribution >= 4 is 21.9 Å². The van der Waals surface area contributed by atoms with Gasteiger partial charge < -0.3 is 8.98 Å². The van der Waals surface area contributed by atoms with E-state index in [-0.39, 0.29) is 0 Å². The molecular weight excluding hydrogens is 246 g/mol. The van der Waals surface area contributed by atoms with Gasteiger partial charge >= 0.3 is 0 Å². The summed E-state index contributed by atoms with van der Waals surface area (Å²) >= 11 is 0. The van der Waals surface area contributed by atoms with Crippen LogP contribution in [0.25, 0.3) is 33.2 Å². The molecule has 2 heterocycles. The maximum absolute atomic E-state index is 6.02. The molecule has 0 unspecified atom stereocenters. The second kappa shape index (κ2) is 4.01. The third kappa shape index (κ3) is 1.51. The van der Waals surface area contributed by atoms with Gasteiger partial charge in [-0.1, -0.05) is 30.3 Å². The van der Waals surface area contributed by atoms with Gasteiger partial charge in [0.05, 0.1) is 0 Å². The predicted octanol–water partition coefficient (Wildman–Crippen LogP) is 4.90. The van der Waals surface area contributed by atoms with Crippen LogP contribution in [0.1, 0.15) is 5.56 Å². The average molecular weight is 261 g/mol. The van der Waals surface area contributed by atoms with Gasteiger partial charge in [-0.05, 0) is 30.7 Å². The average Bonchev–Trinajstić information content (AvgIpc) is 3.01. The summed E-state index contributed by atoms with van der Waals surface area (Å²) in [4.78, 5) is 0. The third-order valence-electron chi connectivity index (χ3n) is 3.90. The van der Waals surface area contributed by atoms with Gasteiger partial charge in [0.15, 0.2) is 0 Å². The molecule has 0 atom stereocenters. The zero-order chi connectivity index (χ0) is 13.7. The Balaban J connectivity index is 2.06. The van der Waals surface area contributed by atoms with Gasteiger partial charge in [-0.2, -0.15) is 0 Å². The first-order valence-electron chi connectivity index (χ1n) is 6.77. The smallest absolute Gasteiger partial charge is 0.136 e.